The SMILES string of the molecule is CC/C=C\C/C=C\C/C=C\CCCCCCCC(=O)O[C@@H](C(=O)OC)[C@H](CC(=O)O)C(=O)OC. The van der Waals surface area contributed by atoms with E-state index in [4.69, 9.17) is 9.84 Å². The summed E-state index contributed by atoms with van der Waals surface area (Å²) in [6.07, 6.45) is 19.2. The van der Waals surface area contributed by atoms with Gasteiger partial charge in [0.25, 0.3) is 0 Å². The Morgan fingerprint density at radius 3 is 1.91 bits per heavy atom. The molecule has 34 heavy (non-hydrogen) atoms. The van der Waals surface area contributed by atoms with Gasteiger partial charge in [-0.05, 0) is 38.5 Å². The Morgan fingerprint density at radius 2 is 1.32 bits per heavy atom. The summed E-state index contributed by atoms with van der Waals surface area (Å²) in [5.41, 5.74) is 0. The summed E-state index contributed by atoms with van der Waals surface area (Å²) < 4.78 is 14.2. The van der Waals surface area contributed by atoms with Crippen LogP contribution in [0.1, 0.15) is 77.6 Å². The summed E-state index contributed by atoms with van der Waals surface area (Å²) in [6.45, 7) is 2.12. The molecule has 0 aliphatic carbocycles. The second-order valence-electron chi connectivity index (χ2n) is 7.76. The van der Waals surface area contributed by atoms with Gasteiger partial charge in [0.15, 0.2) is 0 Å². The molecule has 0 aliphatic heterocycles. The number of esters is 3. The number of carboxylic acids is 1. The number of allylic oxidation sites excluding steroid dienone is 6. The Labute approximate surface area is 203 Å². The molecule has 0 saturated carbocycles. The molecule has 0 aliphatic rings. The highest BCUT2D eigenvalue weighted by Gasteiger charge is 2.40. The maximum atomic E-state index is 12.2. The summed E-state index contributed by atoms with van der Waals surface area (Å²) in [7, 11) is 2.13. The van der Waals surface area contributed by atoms with Crippen molar-refractivity contribution in [3.63, 3.8) is 0 Å². The van der Waals surface area contributed by atoms with Crippen molar-refractivity contribution < 1.29 is 38.5 Å². The van der Waals surface area contributed by atoms with Crippen LogP contribution in [-0.2, 0) is 33.4 Å². The second kappa shape index (κ2) is 20.7. The maximum Gasteiger partial charge on any atom is 0.348 e. The minimum absolute atomic E-state index is 0.0636. The normalized spacial score (nSPS) is 13.3. The van der Waals surface area contributed by atoms with Crippen LogP contribution in [0.2, 0.25) is 0 Å². The lowest BCUT2D eigenvalue weighted by molar-refractivity contribution is -0.177. The van der Waals surface area contributed by atoms with Gasteiger partial charge in [0.2, 0.25) is 6.10 Å². The van der Waals surface area contributed by atoms with E-state index in [0.29, 0.717) is 6.42 Å². The molecule has 8 nitrogen and oxygen atoms in total. The van der Waals surface area contributed by atoms with Crippen LogP contribution in [0.15, 0.2) is 36.5 Å². The van der Waals surface area contributed by atoms with E-state index < -0.39 is 42.3 Å². The first-order chi connectivity index (χ1) is 16.4. The van der Waals surface area contributed by atoms with Crippen molar-refractivity contribution in [1.29, 1.82) is 0 Å². The van der Waals surface area contributed by atoms with Crippen molar-refractivity contribution in [1.82, 2.24) is 0 Å². The summed E-state index contributed by atoms with van der Waals surface area (Å²) in [5.74, 6) is -5.44. The quantitative estimate of drug-likeness (QED) is 0.120. The first-order valence-corrected chi connectivity index (χ1v) is 11.9. The molecule has 0 aromatic carbocycles. The topological polar surface area (TPSA) is 116 Å². The van der Waals surface area contributed by atoms with E-state index in [1.807, 2.05) is 0 Å². The van der Waals surface area contributed by atoms with Gasteiger partial charge in [-0.1, -0.05) is 62.6 Å². The Morgan fingerprint density at radius 1 is 0.765 bits per heavy atom. The molecule has 0 aromatic heterocycles. The molecule has 0 amide bonds. The van der Waals surface area contributed by atoms with Gasteiger partial charge in [-0.15, -0.1) is 0 Å². The highest BCUT2D eigenvalue weighted by atomic mass is 16.6. The Kier molecular flexibility index (Phi) is 18.9. The maximum absolute atomic E-state index is 12.2. The summed E-state index contributed by atoms with van der Waals surface area (Å²) >= 11 is 0. The fourth-order valence-corrected chi connectivity index (χ4v) is 3.15. The largest absolute Gasteiger partial charge is 0.481 e. The molecule has 0 unspecified atom stereocenters. The van der Waals surface area contributed by atoms with Crippen LogP contribution in [0.25, 0.3) is 0 Å². The number of carbonyl (C=O) groups is 4. The smallest absolute Gasteiger partial charge is 0.348 e. The third-order valence-corrected chi connectivity index (χ3v) is 4.99. The fraction of sp³-hybridized carbons (Fsp3) is 0.615. The Balaban J connectivity index is 4.19. The summed E-state index contributed by atoms with van der Waals surface area (Å²) in [4.78, 5) is 47.1. The summed E-state index contributed by atoms with van der Waals surface area (Å²) in [6, 6.07) is 0. The third-order valence-electron chi connectivity index (χ3n) is 4.99. The van der Waals surface area contributed by atoms with Gasteiger partial charge in [-0.25, -0.2) is 4.79 Å². The highest BCUT2D eigenvalue weighted by Crippen LogP contribution is 2.18. The van der Waals surface area contributed by atoms with Crippen LogP contribution >= 0.6 is 0 Å². The first kappa shape index (κ1) is 31.1. The van der Waals surface area contributed by atoms with Crippen LogP contribution in [0.5, 0.6) is 0 Å². The molecule has 0 spiro atoms. The minimum Gasteiger partial charge on any atom is -0.481 e. The lowest BCUT2D eigenvalue weighted by Crippen LogP contribution is -2.41. The van der Waals surface area contributed by atoms with Gasteiger partial charge >= 0.3 is 23.9 Å². The molecular weight excluding hydrogens is 440 g/mol. The van der Waals surface area contributed by atoms with Crippen molar-refractivity contribution >= 4 is 23.9 Å². The Hall–Kier alpha value is -2.90. The zero-order valence-corrected chi connectivity index (χ0v) is 20.7. The zero-order chi connectivity index (χ0) is 25.6. The standard InChI is InChI=1S/C26H40O8/c1-4-5-6-7-8-9-10-11-12-13-14-15-16-17-18-19-23(29)34-24(26(31)33-3)21(20-22(27)28)25(30)32-2/h5-6,8-9,11-12,21,24H,4,7,10,13-20H2,1-3H3,(H,27,28)/b6-5-,9-8-,12-11-/t21-,24+/m0/s1. The lowest BCUT2D eigenvalue weighted by atomic mass is 9.98. The fourth-order valence-electron chi connectivity index (χ4n) is 3.15. The van der Waals surface area contributed by atoms with Crippen LogP contribution in [-0.4, -0.2) is 49.3 Å². The lowest BCUT2D eigenvalue weighted by Gasteiger charge is -2.22. The predicted molar refractivity (Wildman–Crippen MR) is 129 cm³/mol. The van der Waals surface area contributed by atoms with Crippen molar-refractivity contribution in [3.8, 4) is 0 Å². The minimum atomic E-state index is -1.66. The average molecular weight is 481 g/mol. The number of carboxylic acid groups (broad SMARTS) is 1. The molecule has 0 heterocycles. The van der Waals surface area contributed by atoms with E-state index in [-0.39, 0.29) is 6.42 Å². The number of hydrogen-bond donors (Lipinski definition) is 1. The molecule has 0 radical (unpaired) electrons. The zero-order valence-electron chi connectivity index (χ0n) is 20.7. The van der Waals surface area contributed by atoms with E-state index in [9.17, 15) is 19.2 Å². The van der Waals surface area contributed by atoms with Crippen LogP contribution in [0, 0.1) is 5.92 Å². The molecule has 0 rings (SSSR count). The molecule has 0 fully saturated rings. The number of aliphatic carboxylic acids is 1. The van der Waals surface area contributed by atoms with E-state index in [1.165, 1.54) is 0 Å². The van der Waals surface area contributed by atoms with E-state index in [0.717, 1.165) is 65.6 Å². The first-order valence-electron chi connectivity index (χ1n) is 11.9. The highest BCUT2D eigenvalue weighted by molar-refractivity contribution is 5.88. The van der Waals surface area contributed by atoms with Gasteiger partial charge in [-0.3, -0.25) is 14.4 Å². The van der Waals surface area contributed by atoms with Gasteiger partial charge in [0.1, 0.15) is 5.92 Å². The molecule has 192 valence electrons. The van der Waals surface area contributed by atoms with Crippen molar-refractivity contribution in [2.45, 2.75) is 83.7 Å². The van der Waals surface area contributed by atoms with E-state index in [2.05, 4.69) is 52.9 Å². The number of hydrogen-bond acceptors (Lipinski definition) is 7. The number of methoxy groups -OCH3 is 2. The predicted octanol–water partition coefficient (Wildman–Crippen LogP) is 4.92. The monoisotopic (exact) mass is 480 g/mol. The number of carbonyl (C=O) groups excluding carboxylic acids is 3. The van der Waals surface area contributed by atoms with Crippen LogP contribution in [0.3, 0.4) is 0 Å². The van der Waals surface area contributed by atoms with Crippen molar-refractivity contribution in [2.75, 3.05) is 14.2 Å². The van der Waals surface area contributed by atoms with Gasteiger partial charge in [0.05, 0.1) is 20.6 Å². The average Bonchev–Trinajstić information content (AvgIpc) is 2.82. The van der Waals surface area contributed by atoms with Gasteiger partial charge in [0, 0.05) is 6.42 Å². The molecular formula is C26H40O8. The van der Waals surface area contributed by atoms with Crippen LogP contribution in [0.4, 0.5) is 0 Å². The Bertz CT molecular complexity index is 693. The van der Waals surface area contributed by atoms with Gasteiger partial charge < -0.3 is 19.3 Å². The molecule has 0 bridgehead atoms. The van der Waals surface area contributed by atoms with Crippen molar-refractivity contribution in [2.24, 2.45) is 5.92 Å². The van der Waals surface area contributed by atoms with E-state index >= 15 is 0 Å². The molecule has 8 heteroatoms. The number of unbranched alkanes of at least 4 members (excludes halogenated alkanes) is 5. The van der Waals surface area contributed by atoms with Crippen molar-refractivity contribution in [3.05, 3.63) is 36.5 Å². The molecule has 2 atom stereocenters. The number of ether oxygens (including phenoxy) is 3. The third kappa shape index (κ3) is 15.8. The van der Waals surface area contributed by atoms with Gasteiger partial charge in [-0.2, -0.15) is 0 Å². The number of rotatable bonds is 19. The molecule has 0 saturated heterocycles. The summed E-state index contributed by atoms with van der Waals surface area (Å²) in [5, 5.41) is 9.01. The molecule has 0 aromatic rings. The molecule has 1 N–H and O–H groups in total. The second-order valence-corrected chi connectivity index (χ2v) is 7.76. The van der Waals surface area contributed by atoms with E-state index in [1.54, 1.807) is 0 Å². The van der Waals surface area contributed by atoms with Crippen LogP contribution < -0.4 is 0 Å².